The van der Waals surface area contributed by atoms with E-state index in [0.29, 0.717) is 11.1 Å². The van der Waals surface area contributed by atoms with Crippen LogP contribution >= 0.6 is 0 Å². The molecule has 0 bridgehead atoms. The fraction of sp³-hybridized carbons (Fsp3) is 0.148. The summed E-state index contributed by atoms with van der Waals surface area (Å²) in [6.07, 6.45) is 3.06. The lowest BCUT2D eigenvalue weighted by molar-refractivity contribution is -0.117. The lowest BCUT2D eigenvalue weighted by Gasteiger charge is -2.20. The van der Waals surface area contributed by atoms with Gasteiger partial charge in [-0.15, -0.1) is 0 Å². The van der Waals surface area contributed by atoms with Crippen molar-refractivity contribution >= 4 is 29.8 Å². The summed E-state index contributed by atoms with van der Waals surface area (Å²) >= 11 is 0. The summed E-state index contributed by atoms with van der Waals surface area (Å²) in [6, 6.07) is 22.8. The van der Waals surface area contributed by atoms with Crippen molar-refractivity contribution in [2.75, 3.05) is 18.0 Å². The van der Waals surface area contributed by atoms with Gasteiger partial charge in [0, 0.05) is 24.3 Å². The molecule has 3 N–H and O–H groups in total. The normalized spacial score (nSPS) is 11.3. The van der Waals surface area contributed by atoms with E-state index >= 15 is 0 Å². The minimum absolute atomic E-state index is 0.0623. The Balaban J connectivity index is 1.81. The van der Waals surface area contributed by atoms with E-state index in [9.17, 15) is 14.7 Å². The van der Waals surface area contributed by atoms with Gasteiger partial charge in [0.1, 0.15) is 11.4 Å². The van der Waals surface area contributed by atoms with Gasteiger partial charge in [0.05, 0.1) is 6.21 Å². The van der Waals surface area contributed by atoms with Crippen molar-refractivity contribution in [1.29, 1.82) is 0 Å². The molecule has 7 nitrogen and oxygen atoms in total. The van der Waals surface area contributed by atoms with Crippen LogP contribution in [0.3, 0.4) is 0 Å². The predicted octanol–water partition coefficient (Wildman–Crippen LogP) is 4.16. The van der Waals surface area contributed by atoms with Gasteiger partial charge in [-0.25, -0.2) is 5.43 Å². The van der Waals surface area contributed by atoms with Crippen LogP contribution in [-0.4, -0.2) is 36.2 Å². The third-order valence-electron chi connectivity index (χ3n) is 5.13. The molecule has 0 spiro atoms. The fourth-order valence-corrected chi connectivity index (χ4v) is 3.27. The first-order valence-electron chi connectivity index (χ1n) is 11.1. The molecule has 0 unspecified atom stereocenters. The van der Waals surface area contributed by atoms with Crippen molar-refractivity contribution in [3.63, 3.8) is 0 Å². The lowest BCUT2D eigenvalue weighted by Crippen LogP contribution is -2.32. The SMILES string of the molecule is CCN(CC)c1ccc(C=C(NC(=O)c2ccccc2)C(=O)NN=Cc2ccc(O)cc2)cc1. The number of hydrazone groups is 1. The Labute approximate surface area is 199 Å². The van der Waals surface area contributed by atoms with Crippen LogP contribution < -0.4 is 15.6 Å². The quantitative estimate of drug-likeness (QED) is 0.256. The molecule has 3 aromatic carbocycles. The molecule has 0 aliphatic heterocycles. The molecular formula is C27H28N4O3. The monoisotopic (exact) mass is 456 g/mol. The maximum atomic E-state index is 12.9. The number of carbonyl (C=O) groups is 2. The van der Waals surface area contributed by atoms with Crippen LogP contribution in [0.15, 0.2) is 89.7 Å². The van der Waals surface area contributed by atoms with Crippen LogP contribution in [0.2, 0.25) is 0 Å². The summed E-state index contributed by atoms with van der Waals surface area (Å²) in [5.74, 6) is -0.821. The first kappa shape index (κ1) is 24.3. The number of hydrogen-bond acceptors (Lipinski definition) is 5. The van der Waals surface area contributed by atoms with Gasteiger partial charge in [-0.1, -0.05) is 30.3 Å². The maximum absolute atomic E-state index is 12.9. The first-order valence-corrected chi connectivity index (χ1v) is 11.1. The Morgan fingerprint density at radius 2 is 1.50 bits per heavy atom. The number of phenols is 1. The number of amides is 2. The van der Waals surface area contributed by atoms with E-state index in [1.807, 2.05) is 30.3 Å². The molecule has 0 aliphatic rings. The van der Waals surface area contributed by atoms with Gasteiger partial charge in [0.2, 0.25) is 0 Å². The number of rotatable bonds is 9. The molecule has 0 heterocycles. The summed E-state index contributed by atoms with van der Waals surface area (Å²) in [4.78, 5) is 27.8. The number of carbonyl (C=O) groups excluding carboxylic acids is 2. The molecule has 0 atom stereocenters. The topological polar surface area (TPSA) is 94.0 Å². The van der Waals surface area contributed by atoms with Gasteiger partial charge in [0.15, 0.2) is 0 Å². The molecule has 0 aliphatic carbocycles. The molecule has 0 saturated carbocycles. The minimum atomic E-state index is -0.563. The largest absolute Gasteiger partial charge is 0.508 e. The Hall–Kier alpha value is -4.39. The Morgan fingerprint density at radius 3 is 2.12 bits per heavy atom. The summed E-state index contributed by atoms with van der Waals surface area (Å²) in [5, 5.41) is 16.0. The predicted molar refractivity (Wildman–Crippen MR) is 136 cm³/mol. The van der Waals surface area contributed by atoms with Gasteiger partial charge in [0.25, 0.3) is 11.8 Å². The highest BCUT2D eigenvalue weighted by Crippen LogP contribution is 2.17. The number of nitrogens with zero attached hydrogens (tertiary/aromatic N) is 2. The van der Waals surface area contributed by atoms with Gasteiger partial charge < -0.3 is 15.3 Å². The molecule has 174 valence electrons. The van der Waals surface area contributed by atoms with Gasteiger partial charge in [-0.05, 0) is 79.6 Å². The second-order valence-corrected chi connectivity index (χ2v) is 7.43. The van der Waals surface area contributed by atoms with Crippen molar-refractivity contribution in [3.8, 4) is 5.75 Å². The standard InChI is InChI=1S/C27H28N4O3/c1-3-31(4-2)23-14-10-20(11-15-23)18-25(29-26(33)22-8-6-5-7-9-22)27(34)30-28-19-21-12-16-24(32)17-13-21/h5-19,32H,3-4H2,1-2H3,(H,29,33)(H,30,34). The van der Waals surface area contributed by atoms with Crippen LogP contribution in [0.5, 0.6) is 5.75 Å². The molecule has 0 aromatic heterocycles. The van der Waals surface area contributed by atoms with Crippen LogP contribution in [0.1, 0.15) is 35.3 Å². The van der Waals surface area contributed by atoms with Gasteiger partial charge in [-0.3, -0.25) is 9.59 Å². The van der Waals surface area contributed by atoms with Gasteiger partial charge >= 0.3 is 0 Å². The number of anilines is 1. The highest BCUT2D eigenvalue weighted by atomic mass is 16.3. The van der Waals surface area contributed by atoms with Crippen LogP contribution in [-0.2, 0) is 4.79 Å². The Morgan fingerprint density at radius 1 is 0.882 bits per heavy atom. The van der Waals surface area contributed by atoms with E-state index in [2.05, 4.69) is 34.6 Å². The number of benzene rings is 3. The molecule has 0 saturated heterocycles. The molecule has 7 heteroatoms. The Kier molecular flexibility index (Phi) is 8.57. The summed E-state index contributed by atoms with van der Waals surface area (Å²) in [7, 11) is 0. The van der Waals surface area contributed by atoms with E-state index < -0.39 is 11.8 Å². The zero-order valence-corrected chi connectivity index (χ0v) is 19.2. The first-order chi connectivity index (χ1) is 16.5. The zero-order valence-electron chi connectivity index (χ0n) is 19.2. The summed E-state index contributed by atoms with van der Waals surface area (Å²) < 4.78 is 0. The zero-order chi connectivity index (χ0) is 24.3. The highest BCUT2D eigenvalue weighted by Gasteiger charge is 2.14. The van der Waals surface area contributed by atoms with Gasteiger partial charge in [-0.2, -0.15) is 5.10 Å². The number of aromatic hydroxyl groups is 1. The molecule has 3 aromatic rings. The second kappa shape index (κ2) is 12.0. The van der Waals surface area contributed by atoms with E-state index in [0.717, 1.165) is 24.3 Å². The lowest BCUT2D eigenvalue weighted by atomic mass is 10.1. The van der Waals surface area contributed by atoms with E-state index in [-0.39, 0.29) is 11.4 Å². The second-order valence-electron chi connectivity index (χ2n) is 7.43. The maximum Gasteiger partial charge on any atom is 0.287 e. The van der Waals surface area contributed by atoms with Crippen LogP contribution in [0, 0.1) is 0 Å². The molecule has 3 rings (SSSR count). The van der Waals surface area contributed by atoms with E-state index in [4.69, 9.17) is 0 Å². The summed E-state index contributed by atoms with van der Waals surface area (Å²) in [5.41, 5.74) is 5.49. The van der Waals surface area contributed by atoms with Crippen molar-refractivity contribution in [2.24, 2.45) is 5.10 Å². The van der Waals surface area contributed by atoms with Crippen molar-refractivity contribution < 1.29 is 14.7 Å². The smallest absolute Gasteiger partial charge is 0.287 e. The molecule has 2 amide bonds. The summed E-state index contributed by atoms with van der Waals surface area (Å²) in [6.45, 7) is 5.98. The Bertz CT molecular complexity index is 1150. The number of phenolic OH excluding ortho intramolecular Hbond substituents is 1. The molecule has 0 fully saturated rings. The highest BCUT2D eigenvalue weighted by molar-refractivity contribution is 6.05. The average molecular weight is 457 g/mol. The minimum Gasteiger partial charge on any atom is -0.508 e. The van der Waals surface area contributed by atoms with Crippen molar-refractivity contribution in [1.82, 2.24) is 10.7 Å². The third-order valence-corrected chi connectivity index (χ3v) is 5.13. The van der Waals surface area contributed by atoms with Crippen LogP contribution in [0.4, 0.5) is 5.69 Å². The number of nitrogens with one attached hydrogen (secondary N) is 2. The average Bonchev–Trinajstić information content (AvgIpc) is 2.87. The van der Waals surface area contributed by atoms with E-state index in [1.54, 1.807) is 42.5 Å². The molecular weight excluding hydrogens is 428 g/mol. The third kappa shape index (κ3) is 6.80. The van der Waals surface area contributed by atoms with Crippen molar-refractivity contribution in [3.05, 3.63) is 101 Å². The van der Waals surface area contributed by atoms with E-state index in [1.165, 1.54) is 18.3 Å². The van der Waals surface area contributed by atoms with Crippen molar-refractivity contribution in [2.45, 2.75) is 13.8 Å². The molecule has 34 heavy (non-hydrogen) atoms. The molecule has 0 radical (unpaired) electrons. The van der Waals surface area contributed by atoms with Crippen LogP contribution in [0.25, 0.3) is 6.08 Å². The number of hydrogen-bond donors (Lipinski definition) is 3. The fourth-order valence-electron chi connectivity index (χ4n) is 3.27.